The average molecular weight is 435 g/mol. The van der Waals surface area contributed by atoms with E-state index in [-0.39, 0.29) is 6.61 Å². The molecule has 6 nitrogen and oxygen atoms in total. The molecule has 1 saturated heterocycles. The van der Waals surface area contributed by atoms with Crippen molar-refractivity contribution in [3.63, 3.8) is 0 Å². The van der Waals surface area contributed by atoms with Crippen LogP contribution in [-0.4, -0.2) is 42.0 Å². The third-order valence-electron chi connectivity index (χ3n) is 4.87. The van der Waals surface area contributed by atoms with E-state index < -0.39 is 5.82 Å². The van der Waals surface area contributed by atoms with E-state index in [0.717, 1.165) is 49.3 Å². The number of nitrogens with zero attached hydrogens (tertiary/aromatic N) is 4. The van der Waals surface area contributed by atoms with Crippen LogP contribution in [-0.2, 0) is 6.61 Å². The zero-order valence-electron chi connectivity index (χ0n) is 15.8. The van der Waals surface area contributed by atoms with Gasteiger partial charge in [-0.15, -0.1) is 4.37 Å². The molecule has 0 atom stereocenters. The fourth-order valence-corrected chi connectivity index (χ4v) is 3.98. The Hall–Kier alpha value is -2.58. The molecule has 0 amide bonds. The van der Waals surface area contributed by atoms with E-state index >= 15 is 0 Å². The van der Waals surface area contributed by atoms with Gasteiger partial charge < -0.3 is 19.3 Å². The summed E-state index contributed by atoms with van der Waals surface area (Å²) in [6, 6.07) is 12.6. The first-order valence-corrected chi connectivity index (χ1v) is 10.3. The molecular formula is C20H20ClFN4O2S. The lowest BCUT2D eigenvalue weighted by Crippen LogP contribution is -2.46. The summed E-state index contributed by atoms with van der Waals surface area (Å²) >= 11 is 7.16. The van der Waals surface area contributed by atoms with Crippen LogP contribution in [0, 0.1) is 5.82 Å². The van der Waals surface area contributed by atoms with Gasteiger partial charge in [0.25, 0.3) is 5.88 Å². The van der Waals surface area contributed by atoms with Gasteiger partial charge in [-0.25, -0.2) is 4.39 Å². The monoisotopic (exact) mass is 434 g/mol. The molecule has 0 unspecified atom stereocenters. The summed E-state index contributed by atoms with van der Waals surface area (Å²) in [6.45, 7) is 3.28. The van der Waals surface area contributed by atoms with Crippen molar-refractivity contribution in [2.45, 2.75) is 6.61 Å². The van der Waals surface area contributed by atoms with Gasteiger partial charge >= 0.3 is 0 Å². The predicted octanol–water partition coefficient (Wildman–Crippen LogP) is 4.24. The summed E-state index contributed by atoms with van der Waals surface area (Å²) in [5, 5.41) is 0.336. The number of rotatable bonds is 6. The Balaban J connectivity index is 1.39. The van der Waals surface area contributed by atoms with Crippen LogP contribution >= 0.6 is 23.3 Å². The Morgan fingerprint density at radius 3 is 2.45 bits per heavy atom. The molecule has 3 aromatic rings. The van der Waals surface area contributed by atoms with E-state index in [4.69, 9.17) is 21.1 Å². The molecule has 2 heterocycles. The van der Waals surface area contributed by atoms with Crippen molar-refractivity contribution in [1.82, 2.24) is 8.75 Å². The Morgan fingerprint density at radius 1 is 1.03 bits per heavy atom. The quantitative estimate of drug-likeness (QED) is 0.578. The smallest absolute Gasteiger partial charge is 0.271 e. The molecule has 1 fully saturated rings. The zero-order valence-corrected chi connectivity index (χ0v) is 17.4. The Bertz CT molecular complexity index is 941. The molecule has 1 aliphatic rings. The maximum absolute atomic E-state index is 14.0. The van der Waals surface area contributed by atoms with Crippen LogP contribution in [0.5, 0.6) is 11.6 Å². The topological polar surface area (TPSA) is 50.7 Å². The van der Waals surface area contributed by atoms with Crippen LogP contribution in [0.2, 0.25) is 5.02 Å². The fraction of sp³-hybridized carbons (Fsp3) is 0.300. The lowest BCUT2D eigenvalue weighted by molar-refractivity contribution is 0.291. The minimum absolute atomic E-state index is 0.00966. The molecule has 0 spiro atoms. The van der Waals surface area contributed by atoms with E-state index in [1.807, 2.05) is 12.1 Å². The van der Waals surface area contributed by atoms with Crippen LogP contribution in [0.3, 0.4) is 0 Å². The third-order valence-corrected chi connectivity index (χ3v) is 5.73. The second-order valence-corrected chi connectivity index (χ2v) is 7.49. The minimum Gasteiger partial charge on any atom is -0.497 e. The molecule has 1 aromatic heterocycles. The summed E-state index contributed by atoms with van der Waals surface area (Å²) in [4.78, 5) is 4.46. The van der Waals surface area contributed by atoms with E-state index in [2.05, 4.69) is 30.7 Å². The molecular weight excluding hydrogens is 415 g/mol. The van der Waals surface area contributed by atoms with E-state index in [0.29, 0.717) is 22.3 Å². The van der Waals surface area contributed by atoms with Crippen molar-refractivity contribution in [3.8, 4) is 11.6 Å². The van der Waals surface area contributed by atoms with Crippen LogP contribution in [0.1, 0.15) is 5.56 Å². The summed E-state index contributed by atoms with van der Waals surface area (Å²) in [6.07, 6.45) is 0. The molecule has 1 aliphatic heterocycles. The minimum atomic E-state index is -0.393. The Labute approximate surface area is 177 Å². The lowest BCUT2D eigenvalue weighted by Gasteiger charge is -2.36. The number of hydrogen-bond donors (Lipinski definition) is 0. The summed E-state index contributed by atoms with van der Waals surface area (Å²) in [7, 11) is 1.66. The summed E-state index contributed by atoms with van der Waals surface area (Å²) < 4.78 is 33.6. The van der Waals surface area contributed by atoms with Crippen molar-refractivity contribution in [2.24, 2.45) is 0 Å². The van der Waals surface area contributed by atoms with Crippen molar-refractivity contribution in [3.05, 3.63) is 58.9 Å². The molecule has 0 N–H and O–H groups in total. The SMILES string of the molecule is COc1ccc(N2CCN(c3nsnc3OCc3c(F)cccc3Cl)CC2)cc1. The van der Waals surface area contributed by atoms with E-state index in [1.54, 1.807) is 19.2 Å². The highest BCUT2D eigenvalue weighted by Crippen LogP contribution is 2.30. The molecule has 0 aliphatic carbocycles. The highest BCUT2D eigenvalue weighted by molar-refractivity contribution is 6.99. The molecule has 2 aromatic carbocycles. The second-order valence-electron chi connectivity index (χ2n) is 6.55. The number of halogens is 2. The molecule has 0 radical (unpaired) electrons. The molecule has 152 valence electrons. The molecule has 9 heteroatoms. The van der Waals surface area contributed by atoms with Gasteiger partial charge in [0.1, 0.15) is 18.2 Å². The third kappa shape index (κ3) is 4.38. The van der Waals surface area contributed by atoms with Gasteiger partial charge in [0.15, 0.2) is 0 Å². The van der Waals surface area contributed by atoms with Crippen molar-refractivity contribution in [2.75, 3.05) is 43.1 Å². The molecule has 0 saturated carbocycles. The highest BCUT2D eigenvalue weighted by atomic mass is 35.5. The number of aromatic nitrogens is 2. The van der Waals surface area contributed by atoms with Gasteiger partial charge in [0.2, 0.25) is 5.82 Å². The van der Waals surface area contributed by atoms with Gasteiger partial charge in [-0.2, -0.15) is 4.37 Å². The Morgan fingerprint density at radius 2 is 1.76 bits per heavy atom. The molecule has 29 heavy (non-hydrogen) atoms. The largest absolute Gasteiger partial charge is 0.497 e. The zero-order chi connectivity index (χ0) is 20.2. The number of anilines is 2. The van der Waals surface area contributed by atoms with Crippen LogP contribution in [0.15, 0.2) is 42.5 Å². The normalized spacial score (nSPS) is 14.2. The van der Waals surface area contributed by atoms with E-state index in [9.17, 15) is 4.39 Å². The average Bonchev–Trinajstić information content (AvgIpc) is 3.22. The standard InChI is InChI=1S/C20H20ClFN4O2S/c1-27-15-7-5-14(6-8-15)25-9-11-26(12-10-25)19-20(24-29-23-19)28-13-16-17(21)3-2-4-18(16)22/h2-8H,9-13H2,1H3. The maximum Gasteiger partial charge on any atom is 0.271 e. The summed E-state index contributed by atoms with van der Waals surface area (Å²) in [5.41, 5.74) is 1.48. The first-order chi connectivity index (χ1) is 14.2. The fourth-order valence-electron chi connectivity index (χ4n) is 3.24. The first-order valence-electron chi connectivity index (χ1n) is 9.18. The molecule has 0 bridgehead atoms. The van der Waals surface area contributed by atoms with Crippen LogP contribution in [0.25, 0.3) is 0 Å². The van der Waals surface area contributed by atoms with Crippen LogP contribution < -0.4 is 19.3 Å². The molecule has 4 rings (SSSR count). The van der Waals surface area contributed by atoms with E-state index in [1.165, 1.54) is 6.07 Å². The van der Waals surface area contributed by atoms with Gasteiger partial charge in [-0.05, 0) is 36.4 Å². The number of hydrogen-bond acceptors (Lipinski definition) is 7. The number of methoxy groups -OCH3 is 1. The van der Waals surface area contributed by atoms with Crippen molar-refractivity contribution >= 4 is 34.8 Å². The van der Waals surface area contributed by atoms with Crippen LogP contribution in [0.4, 0.5) is 15.9 Å². The predicted molar refractivity (Wildman–Crippen MR) is 113 cm³/mol. The lowest BCUT2D eigenvalue weighted by atomic mass is 10.2. The van der Waals surface area contributed by atoms with Gasteiger partial charge in [0, 0.05) is 37.4 Å². The number of benzene rings is 2. The van der Waals surface area contributed by atoms with Gasteiger partial charge in [0.05, 0.1) is 23.9 Å². The Kier molecular flexibility index (Phi) is 6.01. The maximum atomic E-state index is 14.0. The summed E-state index contributed by atoms with van der Waals surface area (Å²) in [5.74, 6) is 1.55. The van der Waals surface area contributed by atoms with Crippen molar-refractivity contribution in [1.29, 1.82) is 0 Å². The number of piperazine rings is 1. The second kappa shape index (κ2) is 8.84. The van der Waals surface area contributed by atoms with Gasteiger partial charge in [-0.3, -0.25) is 0 Å². The number of ether oxygens (including phenoxy) is 2. The van der Waals surface area contributed by atoms with Gasteiger partial charge in [-0.1, -0.05) is 17.7 Å². The highest BCUT2D eigenvalue weighted by Gasteiger charge is 2.23. The van der Waals surface area contributed by atoms with Crippen molar-refractivity contribution < 1.29 is 13.9 Å². The first kappa shape index (κ1) is 19.7.